The van der Waals surface area contributed by atoms with Crippen molar-refractivity contribution in [2.24, 2.45) is 10.7 Å². The highest BCUT2D eigenvalue weighted by Gasteiger charge is 2.41. The Morgan fingerprint density at radius 2 is 1.86 bits per heavy atom. The molecule has 29 heavy (non-hydrogen) atoms. The molecule has 5 nitrogen and oxygen atoms in total. The predicted octanol–water partition coefficient (Wildman–Crippen LogP) is 3.92. The van der Waals surface area contributed by atoms with Gasteiger partial charge in [-0.05, 0) is 48.2 Å². The van der Waals surface area contributed by atoms with Crippen LogP contribution in [0.5, 0.6) is 11.5 Å². The van der Waals surface area contributed by atoms with Crippen LogP contribution in [0.15, 0.2) is 53.5 Å². The van der Waals surface area contributed by atoms with E-state index in [-0.39, 0.29) is 12.4 Å². The first-order valence-corrected chi connectivity index (χ1v) is 9.36. The van der Waals surface area contributed by atoms with E-state index in [4.69, 9.17) is 15.5 Å². The van der Waals surface area contributed by atoms with E-state index >= 15 is 0 Å². The van der Waals surface area contributed by atoms with Crippen molar-refractivity contribution in [3.8, 4) is 11.5 Å². The van der Waals surface area contributed by atoms with Crippen LogP contribution in [0.3, 0.4) is 0 Å². The Bertz CT molecular complexity index is 845. The van der Waals surface area contributed by atoms with Crippen molar-refractivity contribution in [3.63, 3.8) is 0 Å². The van der Waals surface area contributed by atoms with Crippen molar-refractivity contribution in [1.82, 2.24) is 4.90 Å². The van der Waals surface area contributed by atoms with E-state index in [0.29, 0.717) is 37.7 Å². The molecule has 0 saturated carbocycles. The van der Waals surface area contributed by atoms with Crippen molar-refractivity contribution >= 4 is 5.96 Å². The molecular weight excluding hydrogens is 383 g/mol. The summed E-state index contributed by atoms with van der Waals surface area (Å²) in [6.45, 7) is -2.34. The second-order valence-electron chi connectivity index (χ2n) is 6.86. The van der Waals surface area contributed by atoms with Crippen LogP contribution < -0.4 is 15.2 Å². The van der Waals surface area contributed by atoms with Gasteiger partial charge in [-0.25, -0.2) is 4.99 Å². The Balaban J connectivity index is 1.92. The van der Waals surface area contributed by atoms with Gasteiger partial charge in [0, 0.05) is 7.05 Å². The molecule has 0 saturated heterocycles. The summed E-state index contributed by atoms with van der Waals surface area (Å²) in [7, 11) is 1.84. The smallest absolute Gasteiger partial charge is 0.387 e. The monoisotopic (exact) mass is 407 g/mol. The molecule has 0 radical (unpaired) electrons. The zero-order chi connectivity index (χ0) is 20.9. The van der Waals surface area contributed by atoms with E-state index in [1.807, 2.05) is 36.2 Å². The molecule has 0 spiro atoms. The summed E-state index contributed by atoms with van der Waals surface area (Å²) in [6, 6.07) is 13.9. The molecule has 2 aromatic rings. The fourth-order valence-electron chi connectivity index (χ4n) is 3.36. The second kappa shape index (κ2) is 9.07. The maximum Gasteiger partial charge on any atom is 0.387 e. The van der Waals surface area contributed by atoms with Gasteiger partial charge < -0.3 is 20.1 Å². The van der Waals surface area contributed by atoms with Crippen LogP contribution in [-0.4, -0.2) is 44.3 Å². The number of nitrogens with two attached hydrogens (primary N) is 1. The lowest BCUT2D eigenvalue weighted by atomic mass is 9.83. The molecule has 2 N–H and O–H groups in total. The van der Waals surface area contributed by atoms with Gasteiger partial charge >= 0.3 is 6.61 Å². The number of alkyl halides is 3. The SMILES string of the molecule is CN1CC(c2ccc(OC(F)F)cc2)(c2cccc(OCCCCF)c2)N=C1N. The molecule has 0 aliphatic carbocycles. The number of halogens is 3. The molecule has 2 aromatic carbocycles. The number of unbranched alkanes of at least 4 members (excludes halogenated alkanes) is 1. The number of hydrogen-bond donors (Lipinski definition) is 1. The van der Waals surface area contributed by atoms with Gasteiger partial charge in [-0.3, -0.25) is 4.39 Å². The zero-order valence-corrected chi connectivity index (χ0v) is 16.2. The van der Waals surface area contributed by atoms with E-state index in [1.54, 1.807) is 12.1 Å². The number of aliphatic imine (C=N–C) groups is 1. The van der Waals surface area contributed by atoms with E-state index in [1.165, 1.54) is 12.1 Å². The van der Waals surface area contributed by atoms with Crippen LogP contribution in [0, 0.1) is 0 Å². The first kappa shape index (κ1) is 20.8. The maximum absolute atomic E-state index is 12.5. The number of likely N-dealkylation sites (N-methyl/N-ethyl adjacent to an activating group) is 1. The summed E-state index contributed by atoms with van der Waals surface area (Å²) in [5, 5.41) is 0. The van der Waals surface area contributed by atoms with Gasteiger partial charge in [0.2, 0.25) is 0 Å². The fraction of sp³-hybridized carbons (Fsp3) is 0.381. The van der Waals surface area contributed by atoms with Gasteiger partial charge in [0.15, 0.2) is 5.96 Å². The molecule has 1 unspecified atom stereocenters. The molecule has 0 aromatic heterocycles. The van der Waals surface area contributed by atoms with Gasteiger partial charge in [-0.2, -0.15) is 8.78 Å². The largest absolute Gasteiger partial charge is 0.494 e. The lowest BCUT2D eigenvalue weighted by Gasteiger charge is -2.28. The van der Waals surface area contributed by atoms with Crippen molar-refractivity contribution in [2.45, 2.75) is 25.0 Å². The van der Waals surface area contributed by atoms with Crippen LogP contribution in [0.1, 0.15) is 24.0 Å². The second-order valence-corrected chi connectivity index (χ2v) is 6.86. The average Bonchev–Trinajstić information content (AvgIpc) is 3.01. The summed E-state index contributed by atoms with van der Waals surface area (Å²) in [6.07, 6.45) is 1.09. The number of guanidine groups is 1. The van der Waals surface area contributed by atoms with Crippen LogP contribution in [-0.2, 0) is 5.54 Å². The van der Waals surface area contributed by atoms with Crippen molar-refractivity contribution < 1.29 is 22.6 Å². The lowest BCUT2D eigenvalue weighted by molar-refractivity contribution is -0.0498. The Morgan fingerprint density at radius 3 is 2.48 bits per heavy atom. The van der Waals surface area contributed by atoms with Gasteiger partial charge in [0.1, 0.15) is 17.0 Å². The number of ether oxygens (including phenoxy) is 2. The molecule has 156 valence electrons. The first-order chi connectivity index (χ1) is 13.9. The van der Waals surface area contributed by atoms with Gasteiger partial charge in [0.05, 0.1) is 19.8 Å². The Hall–Kier alpha value is -2.90. The molecule has 1 aliphatic heterocycles. The number of benzene rings is 2. The molecule has 1 atom stereocenters. The summed E-state index contributed by atoms with van der Waals surface area (Å²) in [5.74, 6) is 1.11. The minimum absolute atomic E-state index is 0.0761. The maximum atomic E-state index is 12.5. The van der Waals surface area contributed by atoms with Gasteiger partial charge in [-0.15, -0.1) is 0 Å². The highest BCUT2D eigenvalue weighted by Crippen LogP contribution is 2.39. The lowest BCUT2D eigenvalue weighted by Crippen LogP contribution is -2.34. The van der Waals surface area contributed by atoms with E-state index in [9.17, 15) is 13.2 Å². The topological polar surface area (TPSA) is 60.1 Å². The number of nitrogens with zero attached hydrogens (tertiary/aromatic N) is 2. The fourth-order valence-corrected chi connectivity index (χ4v) is 3.36. The molecule has 8 heteroatoms. The zero-order valence-electron chi connectivity index (χ0n) is 16.2. The highest BCUT2D eigenvalue weighted by molar-refractivity contribution is 5.81. The van der Waals surface area contributed by atoms with E-state index in [2.05, 4.69) is 4.74 Å². The Morgan fingerprint density at radius 1 is 1.10 bits per heavy atom. The van der Waals surface area contributed by atoms with E-state index < -0.39 is 12.2 Å². The predicted molar refractivity (Wildman–Crippen MR) is 105 cm³/mol. The summed E-state index contributed by atoms with van der Waals surface area (Å²) in [4.78, 5) is 6.54. The third kappa shape index (κ3) is 4.75. The van der Waals surface area contributed by atoms with Crippen LogP contribution in [0.2, 0.25) is 0 Å². The molecule has 3 rings (SSSR count). The minimum Gasteiger partial charge on any atom is -0.494 e. The number of hydrogen-bond acceptors (Lipinski definition) is 5. The van der Waals surface area contributed by atoms with Crippen LogP contribution >= 0.6 is 0 Å². The van der Waals surface area contributed by atoms with Crippen LogP contribution in [0.25, 0.3) is 0 Å². The van der Waals surface area contributed by atoms with Gasteiger partial charge in [0.25, 0.3) is 0 Å². The van der Waals surface area contributed by atoms with Crippen molar-refractivity contribution in [1.29, 1.82) is 0 Å². The standard InChI is InChI=1S/C21H24F3N3O2/c1-27-14-21(26-20(27)25,15-7-9-17(10-8-15)29-19(23)24)16-5-4-6-18(13-16)28-12-3-2-11-22/h4-10,13,19H,2-3,11-12,14H2,1H3,(H2,25,26). The molecule has 0 fully saturated rings. The van der Waals surface area contributed by atoms with Crippen molar-refractivity contribution in [2.75, 3.05) is 26.9 Å². The molecule has 0 bridgehead atoms. The minimum atomic E-state index is -2.88. The molecule has 0 amide bonds. The van der Waals surface area contributed by atoms with Gasteiger partial charge in [-0.1, -0.05) is 24.3 Å². The number of rotatable bonds is 9. The normalized spacial score (nSPS) is 18.8. The molecule has 1 heterocycles. The Labute approximate surface area is 167 Å². The average molecular weight is 407 g/mol. The van der Waals surface area contributed by atoms with E-state index in [0.717, 1.165) is 11.1 Å². The summed E-state index contributed by atoms with van der Waals surface area (Å²) in [5.41, 5.74) is 6.91. The highest BCUT2D eigenvalue weighted by atomic mass is 19.3. The van der Waals surface area contributed by atoms with Crippen molar-refractivity contribution in [3.05, 3.63) is 59.7 Å². The van der Waals surface area contributed by atoms with Crippen LogP contribution in [0.4, 0.5) is 13.2 Å². The third-order valence-corrected chi connectivity index (χ3v) is 4.83. The molecular formula is C21H24F3N3O2. The quantitative estimate of drug-likeness (QED) is 0.640. The third-order valence-electron chi connectivity index (χ3n) is 4.83. The molecule has 1 aliphatic rings. The first-order valence-electron chi connectivity index (χ1n) is 9.36. The summed E-state index contributed by atoms with van der Waals surface area (Å²) < 4.78 is 47.4. The Kier molecular flexibility index (Phi) is 6.51. The summed E-state index contributed by atoms with van der Waals surface area (Å²) >= 11 is 0.